The molecule has 1 heterocycles. The number of hydrogen-bond acceptors (Lipinski definition) is 3. The van der Waals surface area contributed by atoms with E-state index in [1.807, 2.05) is 41.8 Å². The van der Waals surface area contributed by atoms with Crippen LogP contribution in [0.1, 0.15) is 11.0 Å². The monoisotopic (exact) mass is 312 g/mol. The van der Waals surface area contributed by atoms with Crippen LogP contribution in [0.25, 0.3) is 11.1 Å². The molecule has 2 aromatic rings. The summed E-state index contributed by atoms with van der Waals surface area (Å²) in [5.74, 6) is 0. The van der Waals surface area contributed by atoms with Gasteiger partial charge in [-0.25, -0.2) is 0 Å². The summed E-state index contributed by atoms with van der Waals surface area (Å²) in [7, 11) is 0. The molecule has 0 amide bonds. The zero-order chi connectivity index (χ0) is 12.3. The van der Waals surface area contributed by atoms with Crippen molar-refractivity contribution in [2.45, 2.75) is 12.2 Å². The van der Waals surface area contributed by atoms with Crippen LogP contribution in [0.3, 0.4) is 0 Å². The summed E-state index contributed by atoms with van der Waals surface area (Å²) < 4.78 is 0. The third-order valence-electron chi connectivity index (χ3n) is 2.54. The molecule has 0 aliphatic carbocycles. The summed E-state index contributed by atoms with van der Waals surface area (Å²) in [6, 6.07) is 11.9. The van der Waals surface area contributed by atoms with Crippen molar-refractivity contribution >= 4 is 27.3 Å². The van der Waals surface area contributed by atoms with E-state index in [9.17, 15) is 10.2 Å². The van der Waals surface area contributed by atoms with Gasteiger partial charge >= 0.3 is 0 Å². The highest BCUT2D eigenvalue weighted by Gasteiger charge is 2.19. The fourth-order valence-corrected chi connectivity index (χ4v) is 2.88. The van der Waals surface area contributed by atoms with Gasteiger partial charge in [0.1, 0.15) is 6.10 Å². The lowest BCUT2D eigenvalue weighted by molar-refractivity contribution is 0.0366. The minimum absolute atomic E-state index is 0.368. The van der Waals surface area contributed by atoms with E-state index >= 15 is 0 Å². The van der Waals surface area contributed by atoms with E-state index < -0.39 is 12.2 Å². The maximum Gasteiger partial charge on any atom is 0.115 e. The number of halogens is 1. The number of aliphatic hydroxyl groups excluding tert-OH is 2. The van der Waals surface area contributed by atoms with Crippen LogP contribution in [0.2, 0.25) is 0 Å². The lowest BCUT2D eigenvalue weighted by atomic mass is 10.1. The van der Waals surface area contributed by atoms with Crippen molar-refractivity contribution in [3.63, 3.8) is 0 Å². The van der Waals surface area contributed by atoms with Crippen molar-refractivity contribution < 1.29 is 10.2 Å². The second kappa shape index (κ2) is 5.78. The number of alkyl halides is 1. The third-order valence-corrected chi connectivity index (χ3v) is 4.21. The van der Waals surface area contributed by atoms with E-state index in [0.717, 1.165) is 16.0 Å². The minimum Gasteiger partial charge on any atom is -0.389 e. The molecule has 2 unspecified atom stereocenters. The predicted molar refractivity (Wildman–Crippen MR) is 74.5 cm³/mol. The lowest BCUT2D eigenvalue weighted by Crippen LogP contribution is -2.18. The van der Waals surface area contributed by atoms with Crippen LogP contribution < -0.4 is 0 Å². The predicted octanol–water partition coefficient (Wildman–Crippen LogP) is 3.20. The Morgan fingerprint density at radius 1 is 1.12 bits per heavy atom. The molecule has 0 saturated heterocycles. The SMILES string of the molecule is OC(CBr)C(O)c1cc(-c2ccccc2)cs1. The molecule has 0 fully saturated rings. The van der Waals surface area contributed by atoms with Gasteiger partial charge in [-0.2, -0.15) is 0 Å². The molecular formula is C13H13BrO2S. The zero-order valence-corrected chi connectivity index (χ0v) is 11.5. The standard InChI is InChI=1S/C13H13BrO2S/c14-7-11(15)13(16)12-6-10(8-17-12)9-4-2-1-3-5-9/h1-6,8,11,13,15-16H,7H2. The molecule has 17 heavy (non-hydrogen) atoms. The fourth-order valence-electron chi connectivity index (χ4n) is 1.56. The van der Waals surface area contributed by atoms with Gasteiger partial charge in [-0.05, 0) is 22.6 Å². The van der Waals surface area contributed by atoms with Crippen LogP contribution in [0.5, 0.6) is 0 Å². The third kappa shape index (κ3) is 2.96. The van der Waals surface area contributed by atoms with Crippen LogP contribution in [0.4, 0.5) is 0 Å². The molecule has 2 atom stereocenters. The van der Waals surface area contributed by atoms with Crippen LogP contribution in [0, 0.1) is 0 Å². The first-order chi connectivity index (χ1) is 8.22. The largest absolute Gasteiger partial charge is 0.389 e. The smallest absolute Gasteiger partial charge is 0.115 e. The summed E-state index contributed by atoms with van der Waals surface area (Å²) in [6.07, 6.45) is -1.59. The van der Waals surface area contributed by atoms with Gasteiger partial charge in [0.05, 0.1) is 6.10 Å². The maximum absolute atomic E-state index is 9.88. The number of rotatable bonds is 4. The van der Waals surface area contributed by atoms with Gasteiger partial charge in [-0.3, -0.25) is 0 Å². The first-order valence-corrected chi connectivity index (χ1v) is 7.28. The number of hydrogen-bond donors (Lipinski definition) is 2. The number of thiophene rings is 1. The van der Waals surface area contributed by atoms with Crippen molar-refractivity contribution in [3.05, 3.63) is 46.7 Å². The average Bonchev–Trinajstić information content (AvgIpc) is 2.87. The van der Waals surface area contributed by atoms with Gasteiger partial charge < -0.3 is 10.2 Å². The van der Waals surface area contributed by atoms with Crippen molar-refractivity contribution in [1.29, 1.82) is 0 Å². The van der Waals surface area contributed by atoms with Gasteiger partial charge in [0.25, 0.3) is 0 Å². The van der Waals surface area contributed by atoms with E-state index in [4.69, 9.17) is 0 Å². The zero-order valence-electron chi connectivity index (χ0n) is 9.08. The number of benzene rings is 1. The summed E-state index contributed by atoms with van der Waals surface area (Å²) in [5.41, 5.74) is 2.20. The Hall–Kier alpha value is -0.680. The van der Waals surface area contributed by atoms with Crippen molar-refractivity contribution in [3.8, 4) is 11.1 Å². The van der Waals surface area contributed by atoms with Crippen molar-refractivity contribution in [2.75, 3.05) is 5.33 Å². The normalized spacial score (nSPS) is 14.5. The molecule has 2 N–H and O–H groups in total. The van der Waals surface area contributed by atoms with Gasteiger partial charge in [0, 0.05) is 10.2 Å². The molecule has 0 radical (unpaired) electrons. The Morgan fingerprint density at radius 3 is 2.47 bits per heavy atom. The Morgan fingerprint density at radius 2 is 1.82 bits per heavy atom. The summed E-state index contributed by atoms with van der Waals surface area (Å²) in [6.45, 7) is 0. The summed E-state index contributed by atoms with van der Waals surface area (Å²) >= 11 is 4.62. The van der Waals surface area contributed by atoms with E-state index in [0.29, 0.717) is 5.33 Å². The summed E-state index contributed by atoms with van der Waals surface area (Å²) in [4.78, 5) is 0.788. The van der Waals surface area contributed by atoms with Gasteiger partial charge in [-0.15, -0.1) is 11.3 Å². The quantitative estimate of drug-likeness (QED) is 0.851. The first-order valence-electron chi connectivity index (χ1n) is 5.28. The molecular weight excluding hydrogens is 300 g/mol. The second-order valence-electron chi connectivity index (χ2n) is 3.77. The molecule has 0 aliphatic heterocycles. The highest BCUT2D eigenvalue weighted by Crippen LogP contribution is 2.30. The molecule has 4 heteroatoms. The Kier molecular flexibility index (Phi) is 4.34. The van der Waals surface area contributed by atoms with Crippen LogP contribution >= 0.6 is 27.3 Å². The molecule has 0 spiro atoms. The van der Waals surface area contributed by atoms with Gasteiger partial charge in [0.15, 0.2) is 0 Å². The highest BCUT2D eigenvalue weighted by atomic mass is 79.9. The highest BCUT2D eigenvalue weighted by molar-refractivity contribution is 9.09. The van der Waals surface area contributed by atoms with E-state index in [2.05, 4.69) is 15.9 Å². The molecule has 2 nitrogen and oxygen atoms in total. The molecule has 1 aromatic heterocycles. The van der Waals surface area contributed by atoms with Crippen LogP contribution in [0.15, 0.2) is 41.8 Å². The average molecular weight is 313 g/mol. The molecule has 90 valence electrons. The van der Waals surface area contributed by atoms with Crippen molar-refractivity contribution in [2.24, 2.45) is 0 Å². The van der Waals surface area contributed by atoms with E-state index in [1.54, 1.807) is 0 Å². The summed E-state index contributed by atoms with van der Waals surface area (Å²) in [5, 5.41) is 21.8. The van der Waals surface area contributed by atoms with Gasteiger partial charge in [0.2, 0.25) is 0 Å². The second-order valence-corrected chi connectivity index (χ2v) is 5.36. The Balaban J connectivity index is 2.22. The molecule has 0 bridgehead atoms. The molecule has 0 saturated carbocycles. The number of aliphatic hydroxyl groups is 2. The van der Waals surface area contributed by atoms with Gasteiger partial charge in [-0.1, -0.05) is 46.3 Å². The van der Waals surface area contributed by atoms with Crippen LogP contribution in [-0.4, -0.2) is 21.6 Å². The van der Waals surface area contributed by atoms with E-state index in [-0.39, 0.29) is 0 Å². The minimum atomic E-state index is -0.822. The first kappa shape index (κ1) is 12.8. The lowest BCUT2D eigenvalue weighted by Gasteiger charge is -2.13. The Bertz CT molecular complexity index is 469. The Labute approximate surface area is 113 Å². The molecule has 0 aliphatic rings. The maximum atomic E-state index is 9.88. The van der Waals surface area contributed by atoms with Crippen molar-refractivity contribution in [1.82, 2.24) is 0 Å². The topological polar surface area (TPSA) is 40.5 Å². The molecule has 1 aromatic carbocycles. The van der Waals surface area contributed by atoms with E-state index in [1.165, 1.54) is 11.3 Å². The molecule has 2 rings (SSSR count). The van der Waals surface area contributed by atoms with Crippen LogP contribution in [-0.2, 0) is 0 Å². The fraction of sp³-hybridized carbons (Fsp3) is 0.231.